The van der Waals surface area contributed by atoms with E-state index in [4.69, 9.17) is 11.6 Å². The number of carbonyl (C=O) groups is 1. The number of urea groups is 1. The number of amides is 2. The third-order valence-corrected chi connectivity index (χ3v) is 5.11. The summed E-state index contributed by atoms with van der Waals surface area (Å²) in [5.41, 5.74) is 2.35. The summed E-state index contributed by atoms with van der Waals surface area (Å²) in [5.74, 6) is 0. The highest BCUT2D eigenvalue weighted by atomic mass is 35.5. The van der Waals surface area contributed by atoms with Crippen molar-refractivity contribution in [2.75, 3.05) is 19.3 Å². The molecule has 0 unspecified atom stereocenters. The topological polar surface area (TPSA) is 49.4 Å². The van der Waals surface area contributed by atoms with E-state index in [1.807, 2.05) is 25.1 Å². The van der Waals surface area contributed by atoms with Crippen LogP contribution in [0.25, 0.3) is 0 Å². The fourth-order valence-corrected chi connectivity index (χ4v) is 2.67. The van der Waals surface area contributed by atoms with E-state index in [1.54, 1.807) is 11.2 Å². The maximum absolute atomic E-state index is 12.1. The predicted octanol–water partition coefficient (Wildman–Crippen LogP) is 2.17. The molecule has 1 heterocycles. The van der Waals surface area contributed by atoms with Crippen LogP contribution in [0.2, 0.25) is 5.02 Å². The van der Waals surface area contributed by atoms with Gasteiger partial charge >= 0.3 is 6.03 Å². The number of nitrogens with zero attached hydrogens (tertiary/aromatic N) is 1. The molecule has 0 fully saturated rings. The Morgan fingerprint density at radius 1 is 1.50 bits per heavy atom. The predicted molar refractivity (Wildman–Crippen MR) is 82.5 cm³/mol. The van der Waals surface area contributed by atoms with Gasteiger partial charge in [-0.1, -0.05) is 17.7 Å². The Morgan fingerprint density at radius 3 is 2.95 bits per heavy atom. The minimum absolute atomic E-state index is 0.0366. The molecule has 0 aromatic heterocycles. The van der Waals surface area contributed by atoms with Gasteiger partial charge in [0.2, 0.25) is 0 Å². The van der Waals surface area contributed by atoms with E-state index in [-0.39, 0.29) is 11.3 Å². The first-order valence-corrected chi connectivity index (χ1v) is 8.59. The molecule has 110 valence electrons. The average Bonchev–Trinajstić information content (AvgIpc) is 2.43. The first-order valence-electron chi connectivity index (χ1n) is 6.59. The summed E-state index contributed by atoms with van der Waals surface area (Å²) in [6, 6.07) is 5.72. The Balaban J connectivity index is 1.95. The van der Waals surface area contributed by atoms with Crippen molar-refractivity contribution in [3.8, 4) is 0 Å². The van der Waals surface area contributed by atoms with Gasteiger partial charge in [-0.05, 0) is 36.6 Å². The average molecular weight is 315 g/mol. The van der Waals surface area contributed by atoms with Gasteiger partial charge in [0.05, 0.1) is 0 Å². The molecule has 1 aromatic carbocycles. The van der Waals surface area contributed by atoms with Crippen LogP contribution < -0.4 is 5.32 Å². The van der Waals surface area contributed by atoms with E-state index in [0.29, 0.717) is 24.7 Å². The van der Waals surface area contributed by atoms with Gasteiger partial charge in [0.25, 0.3) is 0 Å². The lowest BCUT2D eigenvalue weighted by molar-refractivity contribution is 0.192. The van der Waals surface area contributed by atoms with Crippen molar-refractivity contribution in [2.45, 2.75) is 25.1 Å². The fourth-order valence-electron chi connectivity index (χ4n) is 2.16. The van der Waals surface area contributed by atoms with Crippen molar-refractivity contribution in [3.05, 3.63) is 34.3 Å². The molecule has 2 atom stereocenters. The molecule has 2 amide bonds. The van der Waals surface area contributed by atoms with Crippen molar-refractivity contribution in [1.29, 1.82) is 0 Å². The lowest BCUT2D eigenvalue weighted by atomic mass is 10.0. The molecule has 0 radical (unpaired) electrons. The number of nitrogens with one attached hydrogen (secondary N) is 1. The third-order valence-electron chi connectivity index (χ3n) is 3.58. The van der Waals surface area contributed by atoms with Crippen LogP contribution in [-0.4, -0.2) is 39.7 Å². The van der Waals surface area contributed by atoms with E-state index in [1.165, 1.54) is 5.56 Å². The van der Waals surface area contributed by atoms with Crippen LogP contribution in [0.3, 0.4) is 0 Å². The molecule has 1 N–H and O–H groups in total. The van der Waals surface area contributed by atoms with Crippen LogP contribution in [0.1, 0.15) is 18.1 Å². The molecule has 2 rings (SSSR count). The van der Waals surface area contributed by atoms with Gasteiger partial charge < -0.3 is 10.2 Å². The number of benzene rings is 1. The van der Waals surface area contributed by atoms with Crippen molar-refractivity contribution >= 4 is 28.4 Å². The molecule has 0 aliphatic carbocycles. The Morgan fingerprint density at radius 2 is 2.25 bits per heavy atom. The number of rotatable bonds is 3. The van der Waals surface area contributed by atoms with Crippen LogP contribution >= 0.6 is 11.6 Å². The van der Waals surface area contributed by atoms with Crippen molar-refractivity contribution in [2.24, 2.45) is 0 Å². The van der Waals surface area contributed by atoms with Crippen molar-refractivity contribution in [1.82, 2.24) is 10.2 Å². The lowest BCUT2D eigenvalue weighted by Crippen LogP contribution is -2.45. The number of hydrogen-bond acceptors (Lipinski definition) is 2. The molecule has 1 aromatic rings. The zero-order valence-corrected chi connectivity index (χ0v) is 13.3. The van der Waals surface area contributed by atoms with Crippen LogP contribution in [0, 0.1) is 0 Å². The van der Waals surface area contributed by atoms with Gasteiger partial charge in [-0.15, -0.1) is 0 Å². The molecule has 0 bridgehead atoms. The SMILES string of the molecule is C[C@H](CNC(=O)N1CCc2ccc(Cl)cc2C1)[S@@](C)=O. The van der Waals surface area contributed by atoms with Crippen LogP contribution in [0.5, 0.6) is 0 Å². The van der Waals surface area contributed by atoms with E-state index in [0.717, 1.165) is 12.0 Å². The zero-order valence-electron chi connectivity index (χ0n) is 11.7. The maximum atomic E-state index is 12.1. The van der Waals surface area contributed by atoms with Gasteiger partial charge in [-0.2, -0.15) is 0 Å². The first-order chi connectivity index (χ1) is 9.47. The second-order valence-electron chi connectivity index (χ2n) is 5.08. The molecule has 4 nitrogen and oxygen atoms in total. The van der Waals surface area contributed by atoms with E-state index in [2.05, 4.69) is 5.32 Å². The largest absolute Gasteiger partial charge is 0.337 e. The van der Waals surface area contributed by atoms with Crippen molar-refractivity contribution in [3.63, 3.8) is 0 Å². The molecule has 6 heteroatoms. The highest BCUT2D eigenvalue weighted by Gasteiger charge is 2.21. The number of halogens is 1. The fraction of sp³-hybridized carbons (Fsp3) is 0.500. The highest BCUT2D eigenvalue weighted by Crippen LogP contribution is 2.22. The van der Waals surface area contributed by atoms with Crippen LogP contribution in [-0.2, 0) is 23.8 Å². The summed E-state index contributed by atoms with van der Waals surface area (Å²) >= 11 is 5.99. The number of hydrogen-bond donors (Lipinski definition) is 1. The second kappa shape index (κ2) is 6.59. The smallest absolute Gasteiger partial charge is 0.317 e. The highest BCUT2D eigenvalue weighted by molar-refractivity contribution is 7.84. The molecular weight excluding hydrogens is 296 g/mol. The summed E-state index contributed by atoms with van der Waals surface area (Å²) in [7, 11) is -0.922. The zero-order chi connectivity index (χ0) is 14.7. The Hall–Kier alpha value is -1.07. The quantitative estimate of drug-likeness (QED) is 0.929. The van der Waals surface area contributed by atoms with E-state index < -0.39 is 10.8 Å². The maximum Gasteiger partial charge on any atom is 0.317 e. The normalized spacial score (nSPS) is 17.2. The number of fused-ring (bicyclic) bond motifs is 1. The minimum Gasteiger partial charge on any atom is -0.337 e. The molecule has 0 saturated heterocycles. The van der Waals surface area contributed by atoms with Gasteiger partial charge in [0, 0.05) is 47.0 Å². The summed E-state index contributed by atoms with van der Waals surface area (Å²) in [6.07, 6.45) is 2.49. The van der Waals surface area contributed by atoms with Crippen LogP contribution in [0.15, 0.2) is 18.2 Å². The Kier molecular flexibility index (Phi) is 5.05. The molecular formula is C14H19ClN2O2S. The second-order valence-corrected chi connectivity index (χ2v) is 7.32. The molecule has 0 spiro atoms. The van der Waals surface area contributed by atoms with Gasteiger partial charge in [0.15, 0.2) is 0 Å². The molecule has 20 heavy (non-hydrogen) atoms. The first kappa shape index (κ1) is 15.3. The standard InChI is InChI=1S/C14H19ClN2O2S/c1-10(20(2)19)8-16-14(18)17-6-5-11-3-4-13(15)7-12(11)9-17/h3-4,7,10H,5-6,8-9H2,1-2H3,(H,16,18)/t10-,20-/m1/s1. The van der Waals surface area contributed by atoms with Gasteiger partial charge in [0.1, 0.15) is 0 Å². The molecule has 1 aliphatic rings. The van der Waals surface area contributed by atoms with E-state index in [9.17, 15) is 9.00 Å². The van der Waals surface area contributed by atoms with E-state index >= 15 is 0 Å². The number of carbonyl (C=O) groups excluding carboxylic acids is 1. The monoisotopic (exact) mass is 314 g/mol. The van der Waals surface area contributed by atoms with Gasteiger partial charge in [-0.3, -0.25) is 4.21 Å². The minimum atomic E-state index is -0.922. The van der Waals surface area contributed by atoms with Crippen molar-refractivity contribution < 1.29 is 9.00 Å². The van der Waals surface area contributed by atoms with Crippen LogP contribution in [0.4, 0.5) is 4.79 Å². The Labute approximate surface area is 126 Å². The summed E-state index contributed by atoms with van der Waals surface area (Å²) in [4.78, 5) is 13.9. The summed E-state index contributed by atoms with van der Waals surface area (Å²) < 4.78 is 11.3. The summed E-state index contributed by atoms with van der Waals surface area (Å²) in [6.45, 7) is 3.57. The molecule has 1 aliphatic heterocycles. The lowest BCUT2D eigenvalue weighted by Gasteiger charge is -2.29. The third kappa shape index (κ3) is 3.73. The Bertz CT molecular complexity index is 536. The molecule has 0 saturated carbocycles. The van der Waals surface area contributed by atoms with Gasteiger partial charge in [-0.25, -0.2) is 4.79 Å². The summed E-state index contributed by atoms with van der Waals surface area (Å²) in [5, 5.41) is 3.50.